The van der Waals surface area contributed by atoms with E-state index in [2.05, 4.69) is 20.9 Å². The maximum absolute atomic E-state index is 5.15. The van der Waals surface area contributed by atoms with E-state index in [0.717, 1.165) is 10.2 Å². The summed E-state index contributed by atoms with van der Waals surface area (Å²) in [6.07, 6.45) is 4.39. The fourth-order valence-electron chi connectivity index (χ4n) is 0.960. The summed E-state index contributed by atoms with van der Waals surface area (Å²) >= 11 is 3.31. The lowest BCUT2D eigenvalue weighted by Gasteiger charge is -2.10. The Bertz CT molecular complexity index is 306. The molecule has 0 saturated carbocycles. The number of aromatic nitrogens is 1. The molecule has 0 N–H and O–H groups in total. The quantitative estimate of drug-likeness (QED) is 0.691. The largest absolute Gasteiger partial charge is 0.455 e. The third kappa shape index (κ3) is 1.30. The number of hydrogen-bond acceptors (Lipinski definition) is 3. The summed E-state index contributed by atoms with van der Waals surface area (Å²) in [5.41, 5.74) is 0.891. The van der Waals surface area contributed by atoms with Crippen LogP contribution in [0, 0.1) is 0 Å². The SMILES string of the molecule is Brc1ncccc1C1OC=CO1. The van der Waals surface area contributed by atoms with Crippen LogP contribution in [-0.2, 0) is 9.47 Å². The minimum atomic E-state index is -0.354. The van der Waals surface area contributed by atoms with Gasteiger partial charge in [-0.3, -0.25) is 0 Å². The zero-order chi connectivity index (χ0) is 8.39. The first kappa shape index (κ1) is 7.61. The predicted molar refractivity (Wildman–Crippen MR) is 46.0 cm³/mol. The maximum atomic E-state index is 5.15. The highest BCUT2D eigenvalue weighted by molar-refractivity contribution is 9.10. The van der Waals surface area contributed by atoms with Crippen molar-refractivity contribution in [2.75, 3.05) is 0 Å². The van der Waals surface area contributed by atoms with Gasteiger partial charge in [-0.15, -0.1) is 0 Å². The van der Waals surface area contributed by atoms with Crippen LogP contribution in [0.2, 0.25) is 0 Å². The molecule has 12 heavy (non-hydrogen) atoms. The van der Waals surface area contributed by atoms with Crippen molar-refractivity contribution in [1.82, 2.24) is 4.98 Å². The Balaban J connectivity index is 2.27. The average molecular weight is 228 g/mol. The van der Waals surface area contributed by atoms with Gasteiger partial charge in [0.1, 0.15) is 17.1 Å². The predicted octanol–water partition coefficient (Wildman–Crippen LogP) is 2.36. The van der Waals surface area contributed by atoms with Gasteiger partial charge in [-0.25, -0.2) is 4.98 Å². The first-order valence-electron chi connectivity index (χ1n) is 3.44. The highest BCUT2D eigenvalue weighted by Crippen LogP contribution is 2.28. The van der Waals surface area contributed by atoms with Crippen molar-refractivity contribution in [3.05, 3.63) is 41.0 Å². The number of ether oxygens (including phenoxy) is 2. The molecule has 1 aliphatic rings. The van der Waals surface area contributed by atoms with Gasteiger partial charge in [0.15, 0.2) is 0 Å². The fourth-order valence-corrected chi connectivity index (χ4v) is 1.40. The molecule has 0 saturated heterocycles. The molecule has 0 spiro atoms. The standard InChI is InChI=1S/C8H6BrNO2/c9-7-6(2-1-3-10-7)8-11-4-5-12-8/h1-5,8H. The van der Waals surface area contributed by atoms with Gasteiger partial charge in [0.05, 0.1) is 5.56 Å². The van der Waals surface area contributed by atoms with Crippen LogP contribution in [0.25, 0.3) is 0 Å². The van der Waals surface area contributed by atoms with Gasteiger partial charge in [-0.1, -0.05) is 0 Å². The van der Waals surface area contributed by atoms with Crippen molar-refractivity contribution in [3.63, 3.8) is 0 Å². The normalized spacial score (nSPS) is 15.8. The number of halogens is 1. The minimum Gasteiger partial charge on any atom is -0.455 e. The van der Waals surface area contributed by atoms with Crippen LogP contribution in [-0.4, -0.2) is 4.98 Å². The van der Waals surface area contributed by atoms with Gasteiger partial charge in [-0.05, 0) is 28.1 Å². The molecule has 1 aliphatic heterocycles. The first-order chi connectivity index (χ1) is 5.88. The molecule has 1 aromatic rings. The number of nitrogens with zero attached hydrogens (tertiary/aromatic N) is 1. The Labute approximate surface area is 78.1 Å². The summed E-state index contributed by atoms with van der Waals surface area (Å²) in [6.45, 7) is 0. The van der Waals surface area contributed by atoms with Gasteiger partial charge in [0.2, 0.25) is 0 Å². The molecule has 62 valence electrons. The fraction of sp³-hybridized carbons (Fsp3) is 0.125. The molecular weight excluding hydrogens is 222 g/mol. The highest BCUT2D eigenvalue weighted by Gasteiger charge is 2.18. The van der Waals surface area contributed by atoms with Crippen molar-refractivity contribution in [2.24, 2.45) is 0 Å². The molecule has 0 radical (unpaired) electrons. The smallest absolute Gasteiger partial charge is 0.268 e. The minimum absolute atomic E-state index is 0.354. The van der Waals surface area contributed by atoms with Gasteiger partial charge in [0.25, 0.3) is 6.29 Å². The Hall–Kier alpha value is -1.03. The molecular formula is C8H6BrNO2. The molecule has 0 bridgehead atoms. The van der Waals surface area contributed by atoms with Crippen LogP contribution in [0.1, 0.15) is 11.9 Å². The van der Waals surface area contributed by atoms with Crippen LogP contribution in [0.15, 0.2) is 35.5 Å². The Morgan fingerprint density at radius 2 is 2.08 bits per heavy atom. The zero-order valence-corrected chi connectivity index (χ0v) is 7.69. The van der Waals surface area contributed by atoms with E-state index in [9.17, 15) is 0 Å². The van der Waals surface area contributed by atoms with Crippen molar-refractivity contribution in [1.29, 1.82) is 0 Å². The van der Waals surface area contributed by atoms with Crippen molar-refractivity contribution in [3.8, 4) is 0 Å². The summed E-state index contributed by atoms with van der Waals surface area (Å²) < 4.78 is 11.0. The molecule has 0 aromatic carbocycles. The van der Waals surface area contributed by atoms with Crippen LogP contribution < -0.4 is 0 Å². The third-order valence-electron chi connectivity index (χ3n) is 1.50. The van der Waals surface area contributed by atoms with Crippen LogP contribution in [0.4, 0.5) is 0 Å². The van der Waals surface area contributed by atoms with Gasteiger partial charge >= 0.3 is 0 Å². The van der Waals surface area contributed by atoms with E-state index in [4.69, 9.17) is 9.47 Å². The highest BCUT2D eigenvalue weighted by atomic mass is 79.9. The van der Waals surface area contributed by atoms with E-state index in [0.29, 0.717) is 0 Å². The molecule has 3 nitrogen and oxygen atoms in total. The second kappa shape index (κ2) is 3.15. The topological polar surface area (TPSA) is 31.4 Å². The molecule has 0 amide bonds. The van der Waals surface area contributed by atoms with Gasteiger partial charge < -0.3 is 9.47 Å². The number of rotatable bonds is 1. The second-order valence-electron chi connectivity index (χ2n) is 2.26. The summed E-state index contributed by atoms with van der Waals surface area (Å²) in [5, 5.41) is 0. The van der Waals surface area contributed by atoms with E-state index >= 15 is 0 Å². The molecule has 2 heterocycles. The monoisotopic (exact) mass is 227 g/mol. The van der Waals surface area contributed by atoms with E-state index < -0.39 is 0 Å². The summed E-state index contributed by atoms with van der Waals surface area (Å²) in [4.78, 5) is 4.05. The van der Waals surface area contributed by atoms with Gasteiger partial charge in [-0.2, -0.15) is 0 Å². The number of hydrogen-bond donors (Lipinski definition) is 0. The molecule has 2 rings (SSSR count). The average Bonchev–Trinajstić information content (AvgIpc) is 2.57. The Morgan fingerprint density at radius 3 is 2.75 bits per heavy atom. The molecule has 0 aliphatic carbocycles. The van der Waals surface area contributed by atoms with E-state index in [1.807, 2.05) is 12.1 Å². The molecule has 4 heteroatoms. The molecule has 1 aromatic heterocycles. The lowest BCUT2D eigenvalue weighted by Crippen LogP contribution is -1.99. The summed E-state index contributed by atoms with van der Waals surface area (Å²) in [6, 6.07) is 3.74. The zero-order valence-electron chi connectivity index (χ0n) is 6.11. The first-order valence-corrected chi connectivity index (χ1v) is 4.23. The van der Waals surface area contributed by atoms with Gasteiger partial charge in [0, 0.05) is 6.20 Å². The molecule has 0 fully saturated rings. The Kier molecular flexibility index (Phi) is 1.99. The number of pyridine rings is 1. The molecule has 0 unspecified atom stereocenters. The van der Waals surface area contributed by atoms with Crippen molar-refractivity contribution < 1.29 is 9.47 Å². The summed E-state index contributed by atoms with van der Waals surface area (Å²) in [7, 11) is 0. The third-order valence-corrected chi connectivity index (χ3v) is 2.16. The van der Waals surface area contributed by atoms with Crippen molar-refractivity contribution in [2.45, 2.75) is 6.29 Å². The van der Waals surface area contributed by atoms with E-state index in [1.54, 1.807) is 6.20 Å². The lowest BCUT2D eigenvalue weighted by molar-refractivity contribution is -0.0254. The summed E-state index contributed by atoms with van der Waals surface area (Å²) in [5.74, 6) is 0. The Morgan fingerprint density at radius 1 is 1.33 bits per heavy atom. The van der Waals surface area contributed by atoms with Crippen LogP contribution in [0.5, 0.6) is 0 Å². The second-order valence-corrected chi connectivity index (χ2v) is 3.01. The molecule has 0 atom stereocenters. The van der Waals surface area contributed by atoms with E-state index in [-0.39, 0.29) is 6.29 Å². The van der Waals surface area contributed by atoms with E-state index in [1.165, 1.54) is 12.5 Å². The van der Waals surface area contributed by atoms with Crippen LogP contribution in [0.3, 0.4) is 0 Å². The maximum Gasteiger partial charge on any atom is 0.268 e. The van der Waals surface area contributed by atoms with Crippen molar-refractivity contribution >= 4 is 15.9 Å². The van der Waals surface area contributed by atoms with Crippen LogP contribution >= 0.6 is 15.9 Å². The lowest BCUT2D eigenvalue weighted by atomic mass is 10.3.